The Balaban J connectivity index is 1.65. The molecule has 0 heterocycles. The lowest BCUT2D eigenvalue weighted by molar-refractivity contribution is -0.0647. The number of benzene rings is 1. The van der Waals surface area contributed by atoms with Crippen molar-refractivity contribution in [2.45, 2.75) is 76.5 Å². The predicted octanol–water partition coefficient (Wildman–Crippen LogP) is 5.35. The van der Waals surface area contributed by atoms with Crippen LogP contribution in [0.5, 0.6) is 5.75 Å². The van der Waals surface area contributed by atoms with Crippen LogP contribution in [0.15, 0.2) is 30.5 Å². The van der Waals surface area contributed by atoms with Crippen LogP contribution in [0.1, 0.15) is 63.0 Å². The maximum absolute atomic E-state index is 11.7. The third-order valence-electron chi connectivity index (χ3n) is 8.60. The first-order valence-corrected chi connectivity index (χ1v) is 13.8. The van der Waals surface area contributed by atoms with E-state index in [9.17, 15) is 10.2 Å². The Labute approximate surface area is 171 Å². The van der Waals surface area contributed by atoms with Crippen LogP contribution in [-0.4, -0.2) is 23.9 Å². The minimum atomic E-state index is -1.77. The van der Waals surface area contributed by atoms with Crippen LogP contribution in [0.4, 0.5) is 0 Å². The smallest absolute Gasteiger partial charge is 0.157 e. The second-order valence-electron chi connectivity index (χ2n) is 9.88. The zero-order chi connectivity index (χ0) is 20.2. The average Bonchev–Trinajstić information content (AvgIpc) is 2.97. The van der Waals surface area contributed by atoms with Crippen molar-refractivity contribution in [1.29, 1.82) is 0 Å². The van der Waals surface area contributed by atoms with Gasteiger partial charge in [-0.05, 0) is 85.6 Å². The zero-order valence-corrected chi connectivity index (χ0v) is 18.6. The van der Waals surface area contributed by atoms with E-state index < -0.39 is 13.7 Å². The van der Waals surface area contributed by atoms with Gasteiger partial charge in [0.25, 0.3) is 0 Å². The van der Waals surface area contributed by atoms with E-state index in [4.69, 9.17) is 0 Å². The van der Waals surface area contributed by atoms with Crippen LogP contribution < -0.4 is 0 Å². The molecular formula is C25H34O2Si. The molecule has 6 atom stereocenters. The minimum absolute atomic E-state index is 0.111. The lowest BCUT2D eigenvalue weighted by Crippen LogP contribution is -2.50. The van der Waals surface area contributed by atoms with Crippen molar-refractivity contribution >= 4 is 8.07 Å². The van der Waals surface area contributed by atoms with Crippen LogP contribution in [0.25, 0.3) is 0 Å². The van der Waals surface area contributed by atoms with Crippen LogP contribution >= 0.6 is 0 Å². The fourth-order valence-electron chi connectivity index (χ4n) is 6.32. The third kappa shape index (κ3) is 2.88. The van der Waals surface area contributed by atoms with Gasteiger partial charge in [0.2, 0.25) is 0 Å². The number of aryl methyl sites for hydroxylation is 1. The Morgan fingerprint density at radius 1 is 1.29 bits per heavy atom. The van der Waals surface area contributed by atoms with Gasteiger partial charge in [0.15, 0.2) is 8.07 Å². The largest absolute Gasteiger partial charge is 0.508 e. The van der Waals surface area contributed by atoms with E-state index in [1.165, 1.54) is 17.5 Å². The maximum Gasteiger partial charge on any atom is 0.157 e. The van der Waals surface area contributed by atoms with Crippen LogP contribution in [0, 0.1) is 28.7 Å². The Morgan fingerprint density at radius 3 is 2.79 bits per heavy atom. The molecule has 1 unspecified atom stereocenters. The number of aliphatic hydroxyl groups is 1. The number of fused-ring (bicyclic) bond motifs is 5. The Morgan fingerprint density at radius 2 is 2.07 bits per heavy atom. The van der Waals surface area contributed by atoms with Crippen molar-refractivity contribution in [1.82, 2.24) is 0 Å². The summed E-state index contributed by atoms with van der Waals surface area (Å²) in [5.74, 6) is 5.54. The van der Waals surface area contributed by atoms with E-state index in [1.807, 2.05) is 12.1 Å². The highest BCUT2D eigenvalue weighted by Crippen LogP contribution is 2.64. The fraction of sp³-hybridized carbons (Fsp3) is 0.600. The lowest BCUT2D eigenvalue weighted by atomic mass is 9.53. The summed E-state index contributed by atoms with van der Waals surface area (Å²) in [4.78, 5) is 0. The van der Waals surface area contributed by atoms with E-state index in [1.54, 1.807) is 0 Å². The van der Waals surface area contributed by atoms with Crippen molar-refractivity contribution in [3.8, 4) is 17.2 Å². The summed E-state index contributed by atoms with van der Waals surface area (Å²) in [5.41, 5.74) is 7.38. The molecule has 2 N–H and O–H groups in total. The Kier molecular flexibility index (Phi) is 4.80. The highest BCUT2D eigenvalue weighted by Gasteiger charge is 2.61. The third-order valence-corrected chi connectivity index (χ3v) is 11.7. The standard InChI is InChI=1S/C25H34O2Si/c1-5-28(4,6-2)16-15-25(27)14-12-23-22-9-7-18-17-19(26)8-10-20(18)21(22)11-13-24(23,25)3/h5,8,10,17,21-23,26-27H,1,6-7,9,11-14H2,2-4H3/t21-,22-,23+,24+,25-,28?/m1/s1. The van der Waals surface area contributed by atoms with Gasteiger partial charge in [-0.2, -0.15) is 0 Å². The molecule has 28 heavy (non-hydrogen) atoms. The first kappa shape index (κ1) is 19.8. The molecule has 2 saturated carbocycles. The molecule has 4 rings (SSSR count). The number of hydrogen-bond acceptors (Lipinski definition) is 2. The van der Waals surface area contributed by atoms with Gasteiger partial charge in [-0.25, -0.2) is 0 Å². The highest BCUT2D eigenvalue weighted by molar-refractivity contribution is 6.90. The van der Waals surface area contributed by atoms with Gasteiger partial charge < -0.3 is 10.2 Å². The number of hydrogen-bond donors (Lipinski definition) is 2. The number of aromatic hydroxyl groups is 1. The molecule has 0 amide bonds. The molecule has 3 aliphatic rings. The summed E-state index contributed by atoms with van der Waals surface area (Å²) in [6, 6.07) is 7.00. The highest BCUT2D eigenvalue weighted by atomic mass is 28.3. The number of phenolic OH excluding ortho intramolecular Hbond substituents is 1. The molecule has 150 valence electrons. The molecule has 0 bridgehead atoms. The topological polar surface area (TPSA) is 40.5 Å². The molecule has 1 aromatic carbocycles. The minimum Gasteiger partial charge on any atom is -0.508 e. The van der Waals surface area contributed by atoms with E-state index in [2.05, 4.69) is 50.2 Å². The molecule has 2 nitrogen and oxygen atoms in total. The van der Waals surface area contributed by atoms with Crippen molar-refractivity contribution in [2.75, 3.05) is 0 Å². The lowest BCUT2D eigenvalue weighted by Gasteiger charge is -2.52. The summed E-state index contributed by atoms with van der Waals surface area (Å²) < 4.78 is 0. The van der Waals surface area contributed by atoms with Crippen molar-refractivity contribution in [3.63, 3.8) is 0 Å². The van der Waals surface area contributed by atoms with Gasteiger partial charge in [-0.3, -0.25) is 0 Å². The Hall–Kier alpha value is -1.50. The quantitative estimate of drug-likeness (QED) is 0.525. The van der Waals surface area contributed by atoms with E-state index in [-0.39, 0.29) is 5.41 Å². The average molecular weight is 395 g/mol. The molecular weight excluding hydrogens is 360 g/mol. The van der Waals surface area contributed by atoms with E-state index in [0.717, 1.165) is 38.1 Å². The second kappa shape index (κ2) is 6.78. The summed E-state index contributed by atoms with van der Waals surface area (Å²) in [5, 5.41) is 21.6. The second-order valence-corrected chi connectivity index (χ2v) is 14.1. The number of phenols is 1. The van der Waals surface area contributed by atoms with Crippen LogP contribution in [0.3, 0.4) is 0 Å². The molecule has 0 aliphatic heterocycles. The molecule has 0 aromatic heterocycles. The number of rotatable bonds is 2. The van der Waals surface area contributed by atoms with Gasteiger partial charge in [0.1, 0.15) is 11.4 Å². The van der Waals surface area contributed by atoms with Gasteiger partial charge >= 0.3 is 0 Å². The van der Waals surface area contributed by atoms with Gasteiger partial charge in [0.05, 0.1) is 0 Å². The van der Waals surface area contributed by atoms with Gasteiger partial charge in [0, 0.05) is 5.41 Å². The summed E-state index contributed by atoms with van der Waals surface area (Å²) in [6.45, 7) is 10.8. The maximum atomic E-state index is 11.7. The fourth-order valence-corrected chi connectivity index (χ4v) is 7.38. The predicted molar refractivity (Wildman–Crippen MR) is 118 cm³/mol. The van der Waals surface area contributed by atoms with Gasteiger partial charge in [-0.15, -0.1) is 12.1 Å². The molecule has 0 saturated heterocycles. The zero-order valence-electron chi connectivity index (χ0n) is 17.6. The monoisotopic (exact) mass is 394 g/mol. The molecule has 3 heteroatoms. The van der Waals surface area contributed by atoms with Crippen LogP contribution in [0.2, 0.25) is 12.6 Å². The summed E-state index contributed by atoms with van der Waals surface area (Å²) in [7, 11) is -1.77. The van der Waals surface area contributed by atoms with E-state index in [0.29, 0.717) is 23.5 Å². The molecule has 0 radical (unpaired) electrons. The van der Waals surface area contributed by atoms with Crippen molar-refractivity contribution in [2.24, 2.45) is 17.3 Å². The van der Waals surface area contributed by atoms with Crippen molar-refractivity contribution < 1.29 is 10.2 Å². The molecule has 3 aliphatic carbocycles. The summed E-state index contributed by atoms with van der Waals surface area (Å²) >= 11 is 0. The Bertz CT molecular complexity index is 852. The first-order chi connectivity index (χ1) is 13.3. The SMILES string of the molecule is C=C[Si](C)(C#C[C@]1(O)CC[C@H]2[C@@H]3CCc4cc(O)ccc4[C@H]3CC[C@@]21C)CC. The van der Waals surface area contributed by atoms with Crippen molar-refractivity contribution in [3.05, 3.63) is 41.6 Å². The van der Waals surface area contributed by atoms with E-state index >= 15 is 0 Å². The summed E-state index contributed by atoms with van der Waals surface area (Å²) in [6.07, 6.45) is 6.23. The normalized spacial score (nSPS) is 38.2. The first-order valence-electron chi connectivity index (χ1n) is 11.0. The molecule has 2 fully saturated rings. The van der Waals surface area contributed by atoms with Gasteiger partial charge in [-0.1, -0.05) is 38.1 Å². The molecule has 0 spiro atoms. The van der Waals surface area contributed by atoms with Crippen LogP contribution in [-0.2, 0) is 6.42 Å². The molecule has 1 aromatic rings.